The van der Waals surface area contributed by atoms with Crippen LogP contribution in [0.3, 0.4) is 0 Å². The van der Waals surface area contributed by atoms with Gasteiger partial charge in [0.2, 0.25) is 10.0 Å². The van der Waals surface area contributed by atoms with Crippen molar-refractivity contribution in [2.45, 2.75) is 37.1 Å². The van der Waals surface area contributed by atoms with Crippen LogP contribution in [-0.2, 0) is 10.0 Å². The van der Waals surface area contributed by atoms with Crippen LogP contribution in [-0.4, -0.2) is 14.5 Å². The van der Waals surface area contributed by atoms with Crippen LogP contribution >= 0.6 is 31.9 Å². The molecule has 0 bridgehead atoms. The lowest BCUT2D eigenvalue weighted by Gasteiger charge is -2.14. The van der Waals surface area contributed by atoms with E-state index < -0.39 is 10.0 Å². The topological polar surface area (TPSA) is 46.2 Å². The van der Waals surface area contributed by atoms with Gasteiger partial charge in [0.15, 0.2) is 0 Å². The maximum atomic E-state index is 12.3. The highest BCUT2D eigenvalue weighted by atomic mass is 79.9. The van der Waals surface area contributed by atoms with Crippen molar-refractivity contribution in [3.8, 4) is 0 Å². The Morgan fingerprint density at radius 3 is 2.67 bits per heavy atom. The third-order valence-corrected chi connectivity index (χ3v) is 6.00. The number of sulfonamides is 1. The lowest BCUT2D eigenvalue weighted by atomic mass is 10.2. The zero-order valence-corrected chi connectivity index (χ0v) is 14.0. The van der Waals surface area contributed by atoms with Gasteiger partial charge in [-0.15, -0.1) is 0 Å². The Labute approximate surface area is 125 Å². The third-order valence-electron chi connectivity index (χ3n) is 2.92. The summed E-state index contributed by atoms with van der Waals surface area (Å²) in [6.45, 7) is 1.92. The molecule has 1 unspecified atom stereocenters. The number of hydrogen-bond acceptors (Lipinski definition) is 2. The van der Waals surface area contributed by atoms with Gasteiger partial charge in [0.1, 0.15) is 0 Å². The van der Waals surface area contributed by atoms with Crippen molar-refractivity contribution in [1.82, 2.24) is 4.72 Å². The van der Waals surface area contributed by atoms with E-state index in [-0.39, 0.29) is 10.9 Å². The van der Waals surface area contributed by atoms with Crippen LogP contribution in [0.5, 0.6) is 0 Å². The van der Waals surface area contributed by atoms with Crippen LogP contribution in [0.15, 0.2) is 32.0 Å². The average Bonchev–Trinajstić information content (AvgIpc) is 3.04. The van der Waals surface area contributed by atoms with Gasteiger partial charge in [-0.25, -0.2) is 13.1 Å². The van der Waals surface area contributed by atoms with Crippen molar-refractivity contribution in [2.75, 3.05) is 0 Å². The maximum absolute atomic E-state index is 12.3. The molecular formula is C12H15Br2NO2S. The molecule has 6 heteroatoms. The first-order valence-electron chi connectivity index (χ1n) is 5.86. The summed E-state index contributed by atoms with van der Waals surface area (Å²) in [7, 11) is -3.46. The summed E-state index contributed by atoms with van der Waals surface area (Å²) in [4.78, 5) is 0.277. The molecule has 1 atom stereocenters. The average molecular weight is 397 g/mol. The largest absolute Gasteiger partial charge is 0.241 e. The van der Waals surface area contributed by atoms with Crippen molar-refractivity contribution in [2.24, 2.45) is 5.92 Å². The molecule has 1 fully saturated rings. The summed E-state index contributed by atoms with van der Waals surface area (Å²) in [5.74, 6) is 0.702. The summed E-state index contributed by atoms with van der Waals surface area (Å²) in [6.07, 6.45) is 3.38. The van der Waals surface area contributed by atoms with E-state index >= 15 is 0 Å². The zero-order valence-electron chi connectivity index (χ0n) is 9.99. The fourth-order valence-electron chi connectivity index (χ4n) is 1.91. The molecule has 1 aliphatic rings. The van der Waals surface area contributed by atoms with E-state index in [9.17, 15) is 8.42 Å². The zero-order chi connectivity index (χ0) is 13.3. The molecule has 1 saturated carbocycles. The first-order chi connectivity index (χ1) is 8.38. The quantitative estimate of drug-likeness (QED) is 0.824. The van der Waals surface area contributed by atoms with Crippen LogP contribution in [0, 0.1) is 5.92 Å². The minimum atomic E-state index is -3.46. The second-order valence-corrected chi connectivity index (χ2v) is 8.23. The molecule has 3 nitrogen and oxygen atoms in total. The van der Waals surface area contributed by atoms with Crippen LogP contribution in [0.1, 0.15) is 26.2 Å². The van der Waals surface area contributed by atoms with E-state index in [1.807, 2.05) is 6.92 Å². The second kappa shape index (κ2) is 5.61. The lowest BCUT2D eigenvalue weighted by Crippen LogP contribution is -2.33. The smallest absolute Gasteiger partial charge is 0.208 e. The molecule has 0 radical (unpaired) electrons. The number of hydrogen-bond donors (Lipinski definition) is 1. The number of halogens is 2. The third kappa shape index (κ3) is 3.79. The van der Waals surface area contributed by atoms with Gasteiger partial charge in [-0.3, -0.25) is 0 Å². The van der Waals surface area contributed by atoms with Crippen LogP contribution < -0.4 is 4.72 Å². The van der Waals surface area contributed by atoms with Crippen molar-refractivity contribution in [1.29, 1.82) is 0 Å². The van der Waals surface area contributed by atoms with Gasteiger partial charge in [0, 0.05) is 15.0 Å². The summed E-state index contributed by atoms with van der Waals surface area (Å²) in [5.41, 5.74) is 0. The highest BCUT2D eigenvalue weighted by Crippen LogP contribution is 2.34. The van der Waals surface area contributed by atoms with Gasteiger partial charge >= 0.3 is 0 Å². The van der Waals surface area contributed by atoms with E-state index in [0.29, 0.717) is 10.4 Å². The number of nitrogens with one attached hydrogen (secondary N) is 1. The highest BCUT2D eigenvalue weighted by molar-refractivity contribution is 9.11. The van der Waals surface area contributed by atoms with Crippen molar-refractivity contribution in [3.63, 3.8) is 0 Å². The SMILES string of the molecule is CC(CC1CC1)NS(=O)(=O)c1cc(Br)ccc1Br. The lowest BCUT2D eigenvalue weighted by molar-refractivity contribution is 0.529. The van der Waals surface area contributed by atoms with Crippen molar-refractivity contribution >= 4 is 41.9 Å². The predicted molar refractivity (Wildman–Crippen MR) is 79.0 cm³/mol. The molecule has 0 amide bonds. The van der Waals surface area contributed by atoms with E-state index in [0.717, 1.165) is 10.9 Å². The van der Waals surface area contributed by atoms with E-state index in [2.05, 4.69) is 36.6 Å². The van der Waals surface area contributed by atoms with E-state index in [1.165, 1.54) is 12.8 Å². The van der Waals surface area contributed by atoms with Gasteiger partial charge < -0.3 is 0 Å². The second-order valence-electron chi connectivity index (χ2n) is 4.78. The minimum absolute atomic E-state index is 0.0200. The molecule has 0 aliphatic heterocycles. The standard InChI is InChI=1S/C12H15Br2NO2S/c1-8(6-9-2-3-9)15-18(16,17)12-7-10(13)4-5-11(12)14/h4-5,7-9,15H,2-3,6H2,1H3. The maximum Gasteiger partial charge on any atom is 0.241 e. The van der Waals surface area contributed by atoms with Gasteiger partial charge in [0.25, 0.3) is 0 Å². The molecule has 0 heterocycles. The molecule has 18 heavy (non-hydrogen) atoms. The fraction of sp³-hybridized carbons (Fsp3) is 0.500. The molecule has 2 rings (SSSR count). The van der Waals surface area contributed by atoms with Crippen LogP contribution in [0.25, 0.3) is 0 Å². The summed E-state index contributed by atoms with van der Waals surface area (Å²) in [5, 5.41) is 0. The molecule has 1 aromatic rings. The minimum Gasteiger partial charge on any atom is -0.208 e. The Bertz CT molecular complexity index is 541. The van der Waals surface area contributed by atoms with Crippen LogP contribution in [0.2, 0.25) is 0 Å². The highest BCUT2D eigenvalue weighted by Gasteiger charge is 2.27. The van der Waals surface area contributed by atoms with Gasteiger partial charge in [-0.2, -0.15) is 0 Å². The van der Waals surface area contributed by atoms with Gasteiger partial charge in [-0.1, -0.05) is 28.8 Å². The number of benzene rings is 1. The first kappa shape index (κ1) is 14.5. The predicted octanol–water partition coefficient (Wildman–Crippen LogP) is 3.68. The van der Waals surface area contributed by atoms with E-state index in [1.54, 1.807) is 18.2 Å². The Hall–Kier alpha value is 0.0900. The first-order valence-corrected chi connectivity index (χ1v) is 8.93. The summed E-state index contributed by atoms with van der Waals surface area (Å²) >= 11 is 6.57. The van der Waals surface area contributed by atoms with Gasteiger partial charge in [0.05, 0.1) is 4.90 Å². The molecule has 0 aromatic heterocycles. The Morgan fingerprint density at radius 1 is 1.39 bits per heavy atom. The fourth-order valence-corrected chi connectivity index (χ4v) is 4.67. The van der Waals surface area contributed by atoms with Gasteiger partial charge in [-0.05, 0) is 53.4 Å². The molecule has 0 saturated heterocycles. The normalized spacial score (nSPS) is 17.7. The Morgan fingerprint density at radius 2 is 2.06 bits per heavy atom. The van der Waals surface area contributed by atoms with Crippen LogP contribution in [0.4, 0.5) is 0 Å². The van der Waals surface area contributed by atoms with Crippen molar-refractivity contribution in [3.05, 3.63) is 27.1 Å². The van der Waals surface area contributed by atoms with Crippen molar-refractivity contribution < 1.29 is 8.42 Å². The molecule has 1 aromatic carbocycles. The molecule has 1 N–H and O–H groups in total. The summed E-state index contributed by atoms with van der Waals surface area (Å²) < 4.78 is 28.6. The molecular weight excluding hydrogens is 382 g/mol. The molecule has 100 valence electrons. The Balaban J connectivity index is 2.16. The Kier molecular flexibility index (Phi) is 4.52. The molecule has 0 spiro atoms. The molecule has 1 aliphatic carbocycles. The summed E-state index contributed by atoms with van der Waals surface area (Å²) in [6, 6.07) is 5.12. The van der Waals surface area contributed by atoms with E-state index in [4.69, 9.17) is 0 Å². The monoisotopic (exact) mass is 395 g/mol. The number of rotatable bonds is 5.